The van der Waals surface area contributed by atoms with Gasteiger partial charge in [-0.15, -0.1) is 0 Å². The molecule has 4 aromatic heterocycles. The summed E-state index contributed by atoms with van der Waals surface area (Å²) < 4.78 is 3.47. The summed E-state index contributed by atoms with van der Waals surface area (Å²) in [5.41, 5.74) is 16.6. The van der Waals surface area contributed by atoms with Crippen molar-refractivity contribution in [3.8, 4) is 22.5 Å². The number of fused-ring (bicyclic) bond motifs is 2. The van der Waals surface area contributed by atoms with E-state index in [4.69, 9.17) is 5.73 Å². The highest BCUT2D eigenvalue weighted by molar-refractivity contribution is 5.93. The van der Waals surface area contributed by atoms with Crippen LogP contribution in [0.5, 0.6) is 0 Å². The second-order valence-electron chi connectivity index (χ2n) is 12.3. The van der Waals surface area contributed by atoms with Crippen LogP contribution in [-0.2, 0) is 4.79 Å². The molecular formula is C36H40N10O3. The number of amides is 3. The highest BCUT2D eigenvalue weighted by atomic mass is 16.2. The van der Waals surface area contributed by atoms with E-state index in [1.54, 1.807) is 49.4 Å². The Hall–Kier alpha value is -6.11. The van der Waals surface area contributed by atoms with Crippen molar-refractivity contribution < 1.29 is 14.4 Å². The molecule has 6 rings (SSSR count). The number of anilines is 2. The van der Waals surface area contributed by atoms with E-state index in [9.17, 15) is 14.4 Å². The topological polar surface area (TPSA) is 156 Å². The summed E-state index contributed by atoms with van der Waals surface area (Å²) in [4.78, 5) is 47.4. The Morgan fingerprint density at radius 2 is 1.10 bits per heavy atom. The van der Waals surface area contributed by atoms with E-state index in [2.05, 4.69) is 25.5 Å². The minimum Gasteiger partial charge on any atom is -0.399 e. The SMILES string of the molecule is CC(=O)Nc1ccc(-c2cc3nc(C(=O)N(C)C)cc(C)n3n2)c(C)c1.Cc1cc(N)ccc1-c1cc2nc(C(=O)N(C)C)cc(C)n2n1. The van der Waals surface area contributed by atoms with Gasteiger partial charge in [0.2, 0.25) is 5.91 Å². The molecule has 0 saturated heterocycles. The van der Waals surface area contributed by atoms with Crippen molar-refractivity contribution in [1.82, 2.24) is 39.0 Å². The predicted molar refractivity (Wildman–Crippen MR) is 191 cm³/mol. The number of aromatic nitrogens is 6. The van der Waals surface area contributed by atoms with Crippen molar-refractivity contribution in [2.24, 2.45) is 0 Å². The molecule has 4 heterocycles. The number of carbonyl (C=O) groups is 3. The van der Waals surface area contributed by atoms with Crippen molar-refractivity contribution in [1.29, 1.82) is 0 Å². The summed E-state index contributed by atoms with van der Waals surface area (Å²) in [5.74, 6) is -0.376. The number of rotatable bonds is 5. The van der Waals surface area contributed by atoms with Gasteiger partial charge >= 0.3 is 0 Å². The average molecular weight is 661 g/mol. The van der Waals surface area contributed by atoms with Crippen LogP contribution < -0.4 is 11.1 Å². The molecule has 0 bridgehead atoms. The zero-order valence-corrected chi connectivity index (χ0v) is 29.2. The second-order valence-corrected chi connectivity index (χ2v) is 12.3. The quantitative estimate of drug-likeness (QED) is 0.246. The summed E-state index contributed by atoms with van der Waals surface area (Å²) in [5, 5.41) is 12.0. The first-order chi connectivity index (χ1) is 23.1. The van der Waals surface area contributed by atoms with Crippen LogP contribution in [0.15, 0.2) is 60.7 Å². The molecule has 0 aliphatic heterocycles. The molecule has 49 heavy (non-hydrogen) atoms. The van der Waals surface area contributed by atoms with Crippen LogP contribution in [0.25, 0.3) is 33.8 Å². The molecule has 0 spiro atoms. The van der Waals surface area contributed by atoms with Crippen LogP contribution >= 0.6 is 0 Å². The lowest BCUT2D eigenvalue weighted by molar-refractivity contribution is -0.114. The standard InChI is InChI=1S/C19H21N5O2.C17H19N5O/c1-11-8-14(20-13(3)25)6-7-15(11)16-10-18-21-17(19(26)23(4)5)9-12(2)24(18)22-16;1-10-7-12(18)5-6-13(10)14-9-16-19-15(17(23)21(3)4)8-11(2)22(16)20-14/h6-10H,1-5H3,(H,20,25);5-9H,18H2,1-4H3. The van der Waals surface area contributed by atoms with Crippen LogP contribution in [0.3, 0.4) is 0 Å². The van der Waals surface area contributed by atoms with E-state index in [1.807, 2.05) is 76.2 Å². The number of nitrogens with zero attached hydrogens (tertiary/aromatic N) is 8. The normalized spacial score (nSPS) is 10.9. The first-order valence-electron chi connectivity index (χ1n) is 15.6. The number of nitrogens with two attached hydrogens (primary N) is 1. The van der Waals surface area contributed by atoms with Crippen LogP contribution in [-0.4, -0.2) is 84.9 Å². The minimum absolute atomic E-state index is 0.109. The fourth-order valence-corrected chi connectivity index (χ4v) is 5.40. The first-order valence-corrected chi connectivity index (χ1v) is 15.6. The fraction of sp³-hybridized carbons (Fsp3) is 0.250. The molecule has 13 nitrogen and oxygen atoms in total. The Balaban J connectivity index is 0.000000192. The van der Waals surface area contributed by atoms with Crippen molar-refractivity contribution in [3.63, 3.8) is 0 Å². The largest absolute Gasteiger partial charge is 0.399 e. The van der Waals surface area contributed by atoms with E-state index in [0.717, 1.165) is 56.4 Å². The second kappa shape index (κ2) is 13.6. The molecule has 252 valence electrons. The maximum absolute atomic E-state index is 12.2. The molecule has 3 N–H and O–H groups in total. The molecule has 2 aromatic carbocycles. The van der Waals surface area contributed by atoms with Gasteiger partial charge in [-0.05, 0) is 75.2 Å². The number of hydrogen-bond donors (Lipinski definition) is 2. The summed E-state index contributed by atoms with van der Waals surface area (Å²) in [6, 6.07) is 18.6. The van der Waals surface area contributed by atoms with Gasteiger partial charge < -0.3 is 20.9 Å². The molecule has 0 saturated carbocycles. The highest BCUT2D eigenvalue weighted by Crippen LogP contribution is 2.27. The monoisotopic (exact) mass is 660 g/mol. The predicted octanol–water partition coefficient (Wildman–Crippen LogP) is 4.97. The number of carbonyl (C=O) groups excluding carboxylic acids is 3. The molecule has 0 aliphatic rings. The van der Waals surface area contributed by atoms with Crippen LogP contribution in [0.4, 0.5) is 11.4 Å². The lowest BCUT2D eigenvalue weighted by Crippen LogP contribution is -2.23. The third-order valence-corrected chi connectivity index (χ3v) is 7.81. The summed E-state index contributed by atoms with van der Waals surface area (Å²) in [6.07, 6.45) is 0. The minimum atomic E-state index is -0.144. The molecule has 13 heteroatoms. The molecule has 3 amide bonds. The van der Waals surface area contributed by atoms with Crippen LogP contribution in [0, 0.1) is 27.7 Å². The maximum atomic E-state index is 12.2. The summed E-state index contributed by atoms with van der Waals surface area (Å²) in [7, 11) is 6.82. The molecule has 0 atom stereocenters. The van der Waals surface area contributed by atoms with Gasteiger partial charge in [-0.25, -0.2) is 19.0 Å². The highest BCUT2D eigenvalue weighted by Gasteiger charge is 2.17. The van der Waals surface area contributed by atoms with Crippen LogP contribution in [0.1, 0.15) is 50.4 Å². The summed E-state index contributed by atoms with van der Waals surface area (Å²) in [6.45, 7) is 9.24. The van der Waals surface area contributed by atoms with Gasteiger partial charge in [0.1, 0.15) is 11.4 Å². The number of nitrogen functional groups attached to an aromatic ring is 1. The van der Waals surface area contributed by atoms with Gasteiger partial charge in [0.15, 0.2) is 11.3 Å². The molecular weight excluding hydrogens is 620 g/mol. The van der Waals surface area contributed by atoms with Crippen LogP contribution in [0.2, 0.25) is 0 Å². The van der Waals surface area contributed by atoms with Crippen molar-refractivity contribution in [3.05, 3.63) is 94.6 Å². The molecule has 0 fully saturated rings. The third-order valence-electron chi connectivity index (χ3n) is 7.81. The number of hydrogen-bond acceptors (Lipinski definition) is 8. The van der Waals surface area contributed by atoms with Crippen molar-refractivity contribution >= 4 is 40.4 Å². The molecule has 0 radical (unpaired) electrons. The molecule has 0 unspecified atom stereocenters. The van der Waals surface area contributed by atoms with Gasteiger partial charge in [0, 0.05) is 81.1 Å². The van der Waals surface area contributed by atoms with Gasteiger partial charge in [-0.3, -0.25) is 14.4 Å². The molecule has 6 aromatic rings. The van der Waals surface area contributed by atoms with E-state index in [0.29, 0.717) is 22.7 Å². The number of benzene rings is 2. The van der Waals surface area contributed by atoms with Crippen molar-refractivity contribution in [2.45, 2.75) is 34.6 Å². The zero-order valence-electron chi connectivity index (χ0n) is 29.2. The van der Waals surface area contributed by atoms with E-state index in [-0.39, 0.29) is 17.7 Å². The number of nitrogens with one attached hydrogen (secondary N) is 1. The van der Waals surface area contributed by atoms with E-state index in [1.165, 1.54) is 16.7 Å². The Morgan fingerprint density at radius 1 is 0.653 bits per heavy atom. The smallest absolute Gasteiger partial charge is 0.272 e. The summed E-state index contributed by atoms with van der Waals surface area (Å²) >= 11 is 0. The van der Waals surface area contributed by atoms with Gasteiger partial charge in [-0.1, -0.05) is 12.1 Å². The Bertz CT molecular complexity index is 2250. The molecule has 0 aliphatic carbocycles. The first kappa shape index (κ1) is 34.2. The number of aryl methyl sites for hydroxylation is 4. The fourth-order valence-electron chi connectivity index (χ4n) is 5.40. The van der Waals surface area contributed by atoms with Gasteiger partial charge in [0.05, 0.1) is 11.4 Å². The Kier molecular flexibility index (Phi) is 9.47. The zero-order chi connectivity index (χ0) is 35.7. The third kappa shape index (κ3) is 7.25. The van der Waals surface area contributed by atoms with Gasteiger partial charge in [0.25, 0.3) is 11.8 Å². The van der Waals surface area contributed by atoms with Crippen molar-refractivity contribution in [2.75, 3.05) is 39.2 Å². The van der Waals surface area contributed by atoms with E-state index < -0.39 is 0 Å². The lowest BCUT2D eigenvalue weighted by atomic mass is 10.1. The Morgan fingerprint density at radius 3 is 1.51 bits per heavy atom. The maximum Gasteiger partial charge on any atom is 0.272 e. The van der Waals surface area contributed by atoms with E-state index >= 15 is 0 Å². The Labute approximate surface area is 284 Å². The average Bonchev–Trinajstić information content (AvgIpc) is 3.65. The lowest BCUT2D eigenvalue weighted by Gasteiger charge is -2.10. The van der Waals surface area contributed by atoms with Gasteiger partial charge in [-0.2, -0.15) is 10.2 Å².